The summed E-state index contributed by atoms with van der Waals surface area (Å²) in [6, 6.07) is 6.32. The van der Waals surface area contributed by atoms with Gasteiger partial charge in [0.2, 0.25) is 0 Å². The highest BCUT2D eigenvalue weighted by Crippen LogP contribution is 2.32. The second kappa shape index (κ2) is 5.54. The first-order valence-electron chi connectivity index (χ1n) is 6.19. The maximum atomic E-state index is 9.02. The lowest BCUT2D eigenvalue weighted by molar-refractivity contribution is 0.172. The minimum atomic E-state index is 0.0749. The molecule has 0 amide bonds. The maximum absolute atomic E-state index is 9.02. The zero-order chi connectivity index (χ0) is 13.1. The molecular weight excluding hydrogens is 212 g/mol. The van der Waals surface area contributed by atoms with E-state index in [0.717, 1.165) is 5.75 Å². The molecule has 1 aromatic rings. The van der Waals surface area contributed by atoms with E-state index in [-0.39, 0.29) is 17.9 Å². The summed E-state index contributed by atoms with van der Waals surface area (Å²) in [4.78, 5) is 0. The van der Waals surface area contributed by atoms with Gasteiger partial charge in [-0.25, -0.2) is 0 Å². The average molecular weight is 236 g/mol. The van der Waals surface area contributed by atoms with Crippen molar-refractivity contribution in [2.75, 3.05) is 13.2 Å². The molecule has 2 nitrogen and oxygen atoms in total. The van der Waals surface area contributed by atoms with E-state index in [9.17, 15) is 0 Å². The Labute approximate surface area is 105 Å². The van der Waals surface area contributed by atoms with Gasteiger partial charge in [0.1, 0.15) is 5.75 Å². The summed E-state index contributed by atoms with van der Waals surface area (Å²) in [5.74, 6) is 1.11. The highest BCUT2D eigenvalue weighted by molar-refractivity contribution is 5.41. The highest BCUT2D eigenvalue weighted by Gasteiger charge is 2.19. The number of hydrogen-bond donors (Lipinski definition) is 1. The van der Waals surface area contributed by atoms with Gasteiger partial charge in [-0.05, 0) is 29.5 Å². The number of aryl methyl sites for hydroxylation is 1. The van der Waals surface area contributed by atoms with Crippen molar-refractivity contribution in [1.29, 1.82) is 0 Å². The lowest BCUT2D eigenvalue weighted by Crippen LogP contribution is -2.17. The van der Waals surface area contributed by atoms with Crippen molar-refractivity contribution in [1.82, 2.24) is 0 Å². The van der Waals surface area contributed by atoms with Crippen LogP contribution in [-0.2, 0) is 5.41 Å². The first kappa shape index (κ1) is 14.0. The van der Waals surface area contributed by atoms with Crippen molar-refractivity contribution < 1.29 is 9.84 Å². The monoisotopic (exact) mass is 236 g/mol. The molecule has 0 aromatic heterocycles. The predicted molar refractivity (Wildman–Crippen MR) is 71.6 cm³/mol. The Hall–Kier alpha value is -1.02. The second-order valence-corrected chi connectivity index (χ2v) is 5.85. The zero-order valence-electron chi connectivity index (χ0n) is 11.6. The van der Waals surface area contributed by atoms with Crippen molar-refractivity contribution in [2.24, 2.45) is 5.92 Å². The molecule has 0 fully saturated rings. The first-order valence-corrected chi connectivity index (χ1v) is 6.19. The Balaban J connectivity index is 2.92. The molecule has 0 radical (unpaired) electrons. The summed E-state index contributed by atoms with van der Waals surface area (Å²) >= 11 is 0. The van der Waals surface area contributed by atoms with E-state index >= 15 is 0 Å². The third-order valence-corrected chi connectivity index (χ3v) is 2.78. The summed E-state index contributed by atoms with van der Waals surface area (Å²) in [5.41, 5.74) is 2.49. The Kier molecular flexibility index (Phi) is 4.58. The summed E-state index contributed by atoms with van der Waals surface area (Å²) in [5, 5.41) is 9.02. The average Bonchev–Trinajstić information content (AvgIpc) is 2.24. The molecular formula is C15H24O2. The molecule has 0 saturated carbocycles. The van der Waals surface area contributed by atoms with Gasteiger partial charge in [0.15, 0.2) is 0 Å². The number of rotatable bonds is 4. The molecule has 0 aliphatic heterocycles. The van der Waals surface area contributed by atoms with Crippen molar-refractivity contribution in [3.63, 3.8) is 0 Å². The van der Waals surface area contributed by atoms with Gasteiger partial charge in [-0.2, -0.15) is 0 Å². The molecule has 0 heterocycles. The van der Waals surface area contributed by atoms with Gasteiger partial charge < -0.3 is 9.84 Å². The lowest BCUT2D eigenvalue weighted by atomic mass is 9.86. The Bertz CT molecular complexity index is 364. The third kappa shape index (κ3) is 4.04. The van der Waals surface area contributed by atoms with Crippen LogP contribution in [0.2, 0.25) is 0 Å². The van der Waals surface area contributed by atoms with Crippen LogP contribution in [0, 0.1) is 12.8 Å². The molecule has 0 saturated heterocycles. The van der Waals surface area contributed by atoms with E-state index < -0.39 is 0 Å². The van der Waals surface area contributed by atoms with Gasteiger partial charge in [0.05, 0.1) is 6.61 Å². The molecule has 0 aliphatic rings. The minimum absolute atomic E-state index is 0.0749. The molecule has 17 heavy (non-hydrogen) atoms. The Morgan fingerprint density at radius 3 is 2.47 bits per heavy atom. The van der Waals surface area contributed by atoms with Crippen LogP contribution in [0.3, 0.4) is 0 Å². The van der Waals surface area contributed by atoms with Crippen LogP contribution in [0.15, 0.2) is 18.2 Å². The number of ether oxygens (including phenoxy) is 1. The van der Waals surface area contributed by atoms with Gasteiger partial charge in [-0.3, -0.25) is 0 Å². The molecule has 1 N–H and O–H groups in total. The predicted octanol–water partition coefficient (Wildman–Crippen LogP) is 3.30. The fraction of sp³-hybridized carbons (Fsp3) is 0.600. The summed E-state index contributed by atoms with van der Waals surface area (Å²) in [7, 11) is 0. The van der Waals surface area contributed by atoms with Crippen molar-refractivity contribution in [3.8, 4) is 5.75 Å². The van der Waals surface area contributed by atoms with Gasteiger partial charge in [0.25, 0.3) is 0 Å². The van der Waals surface area contributed by atoms with Gasteiger partial charge in [-0.1, -0.05) is 39.8 Å². The number of hydrogen-bond acceptors (Lipinski definition) is 2. The van der Waals surface area contributed by atoms with Crippen LogP contribution < -0.4 is 4.74 Å². The molecule has 1 atom stereocenters. The van der Waals surface area contributed by atoms with E-state index in [4.69, 9.17) is 9.84 Å². The van der Waals surface area contributed by atoms with Gasteiger partial charge >= 0.3 is 0 Å². The van der Waals surface area contributed by atoms with E-state index in [1.165, 1.54) is 11.1 Å². The van der Waals surface area contributed by atoms with E-state index in [1.54, 1.807) is 0 Å². The van der Waals surface area contributed by atoms with Crippen LogP contribution >= 0.6 is 0 Å². The first-order chi connectivity index (χ1) is 7.84. The van der Waals surface area contributed by atoms with Crippen LogP contribution in [0.5, 0.6) is 5.75 Å². The number of benzene rings is 1. The Morgan fingerprint density at radius 2 is 1.94 bits per heavy atom. The molecule has 1 rings (SSSR count). The van der Waals surface area contributed by atoms with Crippen LogP contribution in [-0.4, -0.2) is 18.3 Å². The molecule has 0 bridgehead atoms. The molecule has 1 unspecified atom stereocenters. The molecule has 0 spiro atoms. The van der Waals surface area contributed by atoms with Crippen molar-refractivity contribution in [3.05, 3.63) is 29.3 Å². The second-order valence-electron chi connectivity index (χ2n) is 5.85. The number of aliphatic hydroxyl groups is 1. The zero-order valence-corrected chi connectivity index (χ0v) is 11.6. The highest BCUT2D eigenvalue weighted by atomic mass is 16.5. The van der Waals surface area contributed by atoms with Crippen LogP contribution in [0.25, 0.3) is 0 Å². The normalized spacial score (nSPS) is 13.5. The number of aliphatic hydroxyl groups excluding tert-OH is 1. The smallest absolute Gasteiger partial charge is 0.123 e. The SMILES string of the molecule is Cc1ccc(C(C)(C)C)c(OCC(C)CO)c1. The Morgan fingerprint density at radius 1 is 1.29 bits per heavy atom. The van der Waals surface area contributed by atoms with E-state index in [2.05, 4.69) is 45.9 Å². The summed E-state index contributed by atoms with van der Waals surface area (Å²) < 4.78 is 5.84. The summed E-state index contributed by atoms with van der Waals surface area (Å²) in [6.45, 7) is 11.3. The van der Waals surface area contributed by atoms with Gasteiger partial charge in [-0.15, -0.1) is 0 Å². The largest absolute Gasteiger partial charge is 0.493 e. The van der Waals surface area contributed by atoms with Crippen LogP contribution in [0.1, 0.15) is 38.8 Å². The molecule has 1 aromatic carbocycles. The maximum Gasteiger partial charge on any atom is 0.123 e. The van der Waals surface area contributed by atoms with Crippen LogP contribution in [0.4, 0.5) is 0 Å². The quantitative estimate of drug-likeness (QED) is 0.869. The van der Waals surface area contributed by atoms with E-state index in [0.29, 0.717) is 6.61 Å². The third-order valence-electron chi connectivity index (χ3n) is 2.78. The molecule has 2 heteroatoms. The van der Waals surface area contributed by atoms with E-state index in [1.807, 2.05) is 6.92 Å². The standard InChI is InChI=1S/C15H24O2/c1-11-6-7-13(15(3,4)5)14(8-11)17-10-12(2)9-16/h6-8,12,16H,9-10H2,1-5H3. The van der Waals surface area contributed by atoms with Crippen molar-refractivity contribution >= 4 is 0 Å². The minimum Gasteiger partial charge on any atom is -0.493 e. The molecule has 96 valence electrons. The summed E-state index contributed by atoms with van der Waals surface area (Å²) in [6.07, 6.45) is 0. The fourth-order valence-corrected chi connectivity index (χ4v) is 1.65. The fourth-order valence-electron chi connectivity index (χ4n) is 1.65. The van der Waals surface area contributed by atoms with Gasteiger partial charge in [0, 0.05) is 12.5 Å². The van der Waals surface area contributed by atoms with Crippen molar-refractivity contribution in [2.45, 2.75) is 40.0 Å². The molecule has 0 aliphatic carbocycles. The lowest BCUT2D eigenvalue weighted by Gasteiger charge is -2.24. The topological polar surface area (TPSA) is 29.5 Å².